The van der Waals surface area contributed by atoms with E-state index in [1.54, 1.807) is 6.26 Å². The quantitative estimate of drug-likeness (QED) is 0.827. The summed E-state index contributed by atoms with van der Waals surface area (Å²) < 4.78 is 10.7. The van der Waals surface area contributed by atoms with Gasteiger partial charge in [0.15, 0.2) is 0 Å². The Kier molecular flexibility index (Phi) is 3.72. The number of aromatic nitrogens is 1. The van der Waals surface area contributed by atoms with Crippen LogP contribution in [0.25, 0.3) is 0 Å². The van der Waals surface area contributed by atoms with E-state index in [-0.39, 0.29) is 5.41 Å². The van der Waals surface area contributed by atoms with Gasteiger partial charge in [0.1, 0.15) is 6.26 Å². The molecule has 0 spiro atoms. The number of nitrogens with one attached hydrogen (secondary N) is 1. The molecular formula is C13H22N2O2. The van der Waals surface area contributed by atoms with Crippen molar-refractivity contribution in [1.82, 2.24) is 10.3 Å². The monoisotopic (exact) mass is 238 g/mol. The highest BCUT2D eigenvalue weighted by Gasteiger charge is 2.20. The fraction of sp³-hybridized carbons (Fsp3) is 0.769. The van der Waals surface area contributed by atoms with Crippen LogP contribution in [0.4, 0.5) is 0 Å². The van der Waals surface area contributed by atoms with Gasteiger partial charge in [-0.1, -0.05) is 20.8 Å². The van der Waals surface area contributed by atoms with E-state index in [4.69, 9.17) is 9.15 Å². The maximum absolute atomic E-state index is 5.48. The van der Waals surface area contributed by atoms with Crippen molar-refractivity contribution in [3.05, 3.63) is 12.0 Å². The van der Waals surface area contributed by atoms with E-state index in [1.807, 2.05) is 0 Å². The molecule has 0 bridgehead atoms. The summed E-state index contributed by atoms with van der Waals surface area (Å²) in [5, 5.41) is 3.39. The van der Waals surface area contributed by atoms with Crippen molar-refractivity contribution in [2.24, 2.45) is 5.41 Å². The molecule has 0 aromatic carbocycles. The van der Waals surface area contributed by atoms with Crippen LogP contribution in [0.2, 0.25) is 0 Å². The molecule has 1 aromatic heterocycles. The molecule has 1 aliphatic carbocycles. The van der Waals surface area contributed by atoms with E-state index in [0.717, 1.165) is 18.7 Å². The minimum Gasteiger partial charge on any atom is -0.450 e. The normalized spacial score (nSPS) is 16.2. The Morgan fingerprint density at radius 3 is 2.88 bits per heavy atom. The zero-order valence-electron chi connectivity index (χ0n) is 11.0. The lowest BCUT2D eigenvalue weighted by Gasteiger charge is -2.16. The average Bonchev–Trinajstić information content (AvgIpc) is 2.95. The van der Waals surface area contributed by atoms with Gasteiger partial charge in [-0.2, -0.15) is 4.98 Å². The van der Waals surface area contributed by atoms with Gasteiger partial charge in [0.25, 0.3) is 0 Å². The van der Waals surface area contributed by atoms with Crippen LogP contribution in [0.5, 0.6) is 6.08 Å². The minimum absolute atomic E-state index is 0.281. The van der Waals surface area contributed by atoms with Crippen molar-refractivity contribution >= 4 is 0 Å². The molecule has 1 aliphatic rings. The van der Waals surface area contributed by atoms with Crippen molar-refractivity contribution in [2.75, 3.05) is 6.61 Å². The summed E-state index contributed by atoms with van der Waals surface area (Å²) in [4.78, 5) is 4.28. The van der Waals surface area contributed by atoms with Gasteiger partial charge in [0.05, 0.1) is 12.3 Å². The number of hydrogen-bond acceptors (Lipinski definition) is 4. The highest BCUT2D eigenvalue weighted by Crippen LogP contribution is 2.21. The second kappa shape index (κ2) is 5.08. The van der Waals surface area contributed by atoms with Crippen molar-refractivity contribution in [3.63, 3.8) is 0 Å². The Bertz CT molecular complexity index is 351. The first-order chi connectivity index (χ1) is 8.03. The van der Waals surface area contributed by atoms with Gasteiger partial charge < -0.3 is 14.5 Å². The molecule has 1 saturated carbocycles. The van der Waals surface area contributed by atoms with Crippen LogP contribution < -0.4 is 10.1 Å². The van der Waals surface area contributed by atoms with Gasteiger partial charge in [-0.05, 0) is 24.7 Å². The largest absolute Gasteiger partial charge is 0.450 e. The molecule has 0 saturated heterocycles. The summed E-state index contributed by atoms with van der Waals surface area (Å²) in [6.45, 7) is 8.00. The van der Waals surface area contributed by atoms with E-state index in [2.05, 4.69) is 31.1 Å². The van der Waals surface area contributed by atoms with Gasteiger partial charge in [0.2, 0.25) is 0 Å². The molecule has 2 rings (SSSR count). The molecule has 0 radical (unpaired) electrons. The number of rotatable bonds is 6. The van der Waals surface area contributed by atoms with Gasteiger partial charge in [-0.3, -0.25) is 0 Å². The zero-order valence-corrected chi connectivity index (χ0v) is 11.0. The van der Waals surface area contributed by atoms with Gasteiger partial charge in [0, 0.05) is 12.6 Å². The van der Waals surface area contributed by atoms with E-state index >= 15 is 0 Å². The lowest BCUT2D eigenvalue weighted by molar-refractivity contribution is 0.191. The summed E-state index contributed by atoms with van der Waals surface area (Å²) >= 11 is 0. The standard InChI is InChI=1S/C13H22N2O2/c1-13(2,3)6-7-16-12-15-11(9-17-12)8-14-10-4-5-10/h9-10,14H,4-8H2,1-3H3. The summed E-state index contributed by atoms with van der Waals surface area (Å²) in [6, 6.07) is 0.692. The van der Waals surface area contributed by atoms with Crippen LogP contribution in [0.15, 0.2) is 10.7 Å². The molecule has 96 valence electrons. The maximum Gasteiger partial charge on any atom is 0.393 e. The van der Waals surface area contributed by atoms with Crippen LogP contribution >= 0.6 is 0 Å². The Hall–Kier alpha value is -1.03. The van der Waals surface area contributed by atoms with Gasteiger partial charge >= 0.3 is 6.08 Å². The van der Waals surface area contributed by atoms with E-state index in [0.29, 0.717) is 18.7 Å². The second-order valence-corrected chi connectivity index (χ2v) is 5.92. The first-order valence-corrected chi connectivity index (χ1v) is 6.33. The third kappa shape index (κ3) is 4.77. The van der Waals surface area contributed by atoms with Crippen LogP contribution in [0.3, 0.4) is 0 Å². The van der Waals surface area contributed by atoms with Crippen molar-refractivity contribution in [3.8, 4) is 6.08 Å². The summed E-state index contributed by atoms with van der Waals surface area (Å²) in [5.74, 6) is 0. The van der Waals surface area contributed by atoms with Crippen molar-refractivity contribution in [2.45, 2.75) is 52.6 Å². The molecule has 1 fully saturated rings. The first-order valence-electron chi connectivity index (χ1n) is 6.33. The molecule has 1 aromatic rings. The molecule has 0 unspecified atom stereocenters. The molecule has 4 nitrogen and oxygen atoms in total. The predicted molar refractivity (Wildman–Crippen MR) is 65.9 cm³/mol. The van der Waals surface area contributed by atoms with Gasteiger partial charge in [-0.15, -0.1) is 0 Å². The molecule has 4 heteroatoms. The van der Waals surface area contributed by atoms with Crippen LogP contribution in [-0.4, -0.2) is 17.6 Å². The third-order valence-corrected chi connectivity index (χ3v) is 2.76. The second-order valence-electron chi connectivity index (χ2n) is 5.92. The topological polar surface area (TPSA) is 47.3 Å². The smallest absolute Gasteiger partial charge is 0.393 e. The molecule has 1 heterocycles. The number of hydrogen-bond donors (Lipinski definition) is 1. The zero-order chi connectivity index (χ0) is 12.3. The Morgan fingerprint density at radius 1 is 1.47 bits per heavy atom. The van der Waals surface area contributed by atoms with E-state index in [9.17, 15) is 0 Å². The number of ether oxygens (including phenoxy) is 1. The minimum atomic E-state index is 0.281. The van der Waals surface area contributed by atoms with Crippen molar-refractivity contribution in [1.29, 1.82) is 0 Å². The highest BCUT2D eigenvalue weighted by atomic mass is 16.6. The van der Waals surface area contributed by atoms with E-state index < -0.39 is 0 Å². The Morgan fingerprint density at radius 2 is 2.24 bits per heavy atom. The molecular weight excluding hydrogens is 216 g/mol. The molecule has 17 heavy (non-hydrogen) atoms. The molecule has 1 N–H and O–H groups in total. The maximum atomic E-state index is 5.48. The Balaban J connectivity index is 1.69. The summed E-state index contributed by atoms with van der Waals surface area (Å²) in [5.41, 5.74) is 1.20. The first kappa shape index (κ1) is 12.4. The molecule has 0 atom stereocenters. The van der Waals surface area contributed by atoms with Crippen molar-refractivity contribution < 1.29 is 9.15 Å². The SMILES string of the molecule is CC(C)(C)CCOc1nc(CNC2CC2)co1. The van der Waals surface area contributed by atoms with Crippen LogP contribution in [0.1, 0.15) is 45.7 Å². The molecule has 0 amide bonds. The third-order valence-electron chi connectivity index (χ3n) is 2.76. The summed E-state index contributed by atoms with van der Waals surface area (Å²) in [7, 11) is 0. The highest BCUT2D eigenvalue weighted by molar-refractivity contribution is 5.00. The number of nitrogens with zero attached hydrogens (tertiary/aromatic N) is 1. The molecule has 0 aliphatic heterocycles. The Labute approximate surface area is 103 Å². The number of oxazole rings is 1. The van der Waals surface area contributed by atoms with Crippen LogP contribution in [-0.2, 0) is 6.54 Å². The van der Waals surface area contributed by atoms with Crippen LogP contribution in [0, 0.1) is 5.41 Å². The average molecular weight is 238 g/mol. The summed E-state index contributed by atoms with van der Waals surface area (Å²) in [6.07, 6.45) is 5.62. The fourth-order valence-corrected chi connectivity index (χ4v) is 1.42. The van der Waals surface area contributed by atoms with E-state index in [1.165, 1.54) is 12.8 Å². The van der Waals surface area contributed by atoms with Gasteiger partial charge in [-0.25, -0.2) is 0 Å². The predicted octanol–water partition coefficient (Wildman–Crippen LogP) is 2.74. The lowest BCUT2D eigenvalue weighted by Crippen LogP contribution is -2.15. The lowest BCUT2D eigenvalue weighted by atomic mass is 9.93. The fourth-order valence-electron chi connectivity index (χ4n) is 1.42.